The first-order valence-corrected chi connectivity index (χ1v) is 8.48. The smallest absolute Gasteiger partial charge is 0.339 e. The monoisotopic (exact) mass is 366 g/mol. The zero-order valence-corrected chi connectivity index (χ0v) is 14.5. The summed E-state index contributed by atoms with van der Waals surface area (Å²) in [5.74, 6) is 0. The number of hydrogen-bond acceptors (Lipinski definition) is 4. The minimum absolute atomic E-state index is 0.558. The van der Waals surface area contributed by atoms with E-state index >= 15 is 0 Å². The maximum absolute atomic E-state index is 12.7. The summed E-state index contributed by atoms with van der Waals surface area (Å²) in [6, 6.07) is 11.3. The fourth-order valence-electron chi connectivity index (χ4n) is 2.59. The van der Waals surface area contributed by atoms with Gasteiger partial charge in [0, 0.05) is 22.3 Å². The van der Waals surface area contributed by atoms with Crippen LogP contribution in [0.5, 0.6) is 0 Å². The van der Waals surface area contributed by atoms with Crippen LogP contribution in [0.1, 0.15) is 11.4 Å². The zero-order valence-electron chi connectivity index (χ0n) is 13.7. The predicted octanol–water partition coefficient (Wildman–Crippen LogP) is 5.23. The molecule has 0 spiro atoms. The summed E-state index contributed by atoms with van der Waals surface area (Å²) < 4.78 is 39.4. The van der Waals surface area contributed by atoms with E-state index in [0.29, 0.717) is 27.8 Å². The van der Waals surface area contributed by atoms with Gasteiger partial charge in [-0.1, -0.05) is 18.2 Å². The van der Waals surface area contributed by atoms with Crippen LogP contribution in [0.4, 0.5) is 24.0 Å². The average Bonchev–Trinajstić information content (AvgIpc) is 3.13. The number of thiazole rings is 1. The number of nitrogens with one attached hydrogen (secondary N) is 2. The molecule has 0 fully saturated rings. The molecule has 8 heteroatoms. The van der Waals surface area contributed by atoms with Crippen molar-refractivity contribution in [1.82, 2.24) is 9.55 Å². The number of halogens is 3. The molecule has 0 saturated carbocycles. The Bertz CT molecular complexity index is 853. The van der Waals surface area contributed by atoms with Gasteiger partial charge in [-0.15, -0.1) is 11.3 Å². The number of anilines is 2. The van der Waals surface area contributed by atoms with Crippen LogP contribution in [0, 0.1) is 13.8 Å². The molecule has 2 heterocycles. The van der Waals surface area contributed by atoms with Crippen molar-refractivity contribution in [2.45, 2.75) is 26.6 Å². The van der Waals surface area contributed by atoms with Gasteiger partial charge >= 0.3 is 6.18 Å². The number of aryl methyl sites for hydroxylation is 1. The van der Waals surface area contributed by atoms with Crippen LogP contribution in [-0.2, 0) is 6.54 Å². The molecular weight excluding hydrogens is 349 g/mol. The van der Waals surface area contributed by atoms with Crippen molar-refractivity contribution in [2.24, 2.45) is 0 Å². The molecule has 2 aromatic heterocycles. The summed E-state index contributed by atoms with van der Waals surface area (Å²) in [5, 5.41) is 2.47. The molecule has 132 valence electrons. The number of para-hydroxylation sites is 1. The zero-order chi connectivity index (χ0) is 18.0. The first-order valence-electron chi connectivity index (χ1n) is 7.60. The number of hydrogen-bond donors (Lipinski definition) is 2. The first kappa shape index (κ1) is 17.3. The molecule has 0 aliphatic heterocycles. The summed E-state index contributed by atoms with van der Waals surface area (Å²) >= 11 is 1.38. The fourth-order valence-corrected chi connectivity index (χ4v) is 3.25. The summed E-state index contributed by atoms with van der Waals surface area (Å²) in [6.45, 7) is 2.36. The van der Waals surface area contributed by atoms with Gasteiger partial charge in [0.1, 0.15) is 6.54 Å². The second kappa shape index (κ2) is 6.79. The highest BCUT2D eigenvalue weighted by Gasteiger charge is 2.30. The quantitative estimate of drug-likeness (QED) is 0.608. The van der Waals surface area contributed by atoms with Crippen molar-refractivity contribution >= 4 is 22.2 Å². The molecule has 0 bridgehead atoms. The molecule has 0 atom stereocenters. The van der Waals surface area contributed by atoms with Crippen molar-refractivity contribution in [2.75, 3.05) is 10.9 Å². The number of aromatic nitrogens is 2. The van der Waals surface area contributed by atoms with Gasteiger partial charge in [0.25, 0.3) is 0 Å². The van der Waals surface area contributed by atoms with E-state index in [-0.39, 0.29) is 0 Å². The predicted molar refractivity (Wildman–Crippen MR) is 94.8 cm³/mol. The van der Waals surface area contributed by atoms with Gasteiger partial charge in [0.2, 0.25) is 5.13 Å². The highest BCUT2D eigenvalue weighted by molar-refractivity contribution is 7.14. The van der Waals surface area contributed by atoms with Crippen LogP contribution < -0.4 is 10.9 Å². The Morgan fingerprint density at radius 1 is 1.12 bits per heavy atom. The summed E-state index contributed by atoms with van der Waals surface area (Å²) in [4.78, 5) is 4.46. The Hall–Kier alpha value is -2.48. The highest BCUT2D eigenvalue weighted by Crippen LogP contribution is 2.31. The highest BCUT2D eigenvalue weighted by atomic mass is 32.1. The minimum atomic E-state index is -4.25. The van der Waals surface area contributed by atoms with Crippen molar-refractivity contribution in [1.29, 1.82) is 0 Å². The van der Waals surface area contributed by atoms with Crippen molar-refractivity contribution in [3.05, 3.63) is 53.2 Å². The maximum atomic E-state index is 12.7. The Morgan fingerprint density at radius 2 is 1.84 bits per heavy atom. The van der Waals surface area contributed by atoms with E-state index in [1.807, 2.05) is 35.7 Å². The molecule has 0 saturated heterocycles. The lowest BCUT2D eigenvalue weighted by molar-refractivity contribution is -0.141. The summed E-state index contributed by atoms with van der Waals surface area (Å²) in [7, 11) is 0. The SMILES string of the molecule is Cc1cc(-c2csc(NNc3ccccc3)n2)c(C)n1CC(F)(F)F. The molecule has 3 rings (SSSR count). The van der Waals surface area contributed by atoms with E-state index in [2.05, 4.69) is 15.8 Å². The Balaban J connectivity index is 1.77. The number of nitrogens with zero attached hydrogens (tertiary/aromatic N) is 2. The molecular formula is C17H17F3N4S. The molecule has 1 aromatic carbocycles. The molecule has 25 heavy (non-hydrogen) atoms. The fraction of sp³-hybridized carbons (Fsp3) is 0.235. The van der Waals surface area contributed by atoms with Gasteiger partial charge in [-0.3, -0.25) is 10.9 Å². The van der Waals surface area contributed by atoms with Crippen LogP contribution in [0.15, 0.2) is 41.8 Å². The van der Waals surface area contributed by atoms with Crippen LogP contribution in [0.3, 0.4) is 0 Å². The molecule has 2 N–H and O–H groups in total. The molecule has 0 amide bonds. The molecule has 0 aliphatic carbocycles. The summed E-state index contributed by atoms with van der Waals surface area (Å²) in [5.41, 5.74) is 9.42. The topological polar surface area (TPSA) is 41.9 Å². The van der Waals surface area contributed by atoms with Crippen LogP contribution in [0.2, 0.25) is 0 Å². The van der Waals surface area contributed by atoms with E-state index in [9.17, 15) is 13.2 Å². The number of benzene rings is 1. The van der Waals surface area contributed by atoms with E-state index in [0.717, 1.165) is 5.69 Å². The van der Waals surface area contributed by atoms with Gasteiger partial charge in [-0.05, 0) is 32.0 Å². The Kier molecular flexibility index (Phi) is 4.71. The normalized spacial score (nSPS) is 11.6. The molecule has 4 nitrogen and oxygen atoms in total. The molecule has 0 aliphatic rings. The third-order valence-electron chi connectivity index (χ3n) is 3.78. The van der Waals surface area contributed by atoms with Gasteiger partial charge in [-0.2, -0.15) is 13.2 Å². The van der Waals surface area contributed by atoms with E-state index in [1.165, 1.54) is 15.9 Å². The molecule has 3 aromatic rings. The maximum Gasteiger partial charge on any atom is 0.406 e. The van der Waals surface area contributed by atoms with Crippen LogP contribution in [0.25, 0.3) is 11.3 Å². The number of alkyl halides is 3. The lowest BCUT2D eigenvalue weighted by Crippen LogP contribution is -2.19. The Morgan fingerprint density at radius 3 is 2.52 bits per heavy atom. The van der Waals surface area contributed by atoms with Gasteiger partial charge in [-0.25, -0.2) is 4.98 Å². The van der Waals surface area contributed by atoms with Gasteiger partial charge in [0.15, 0.2) is 0 Å². The largest absolute Gasteiger partial charge is 0.406 e. The second-order valence-electron chi connectivity index (χ2n) is 5.64. The van der Waals surface area contributed by atoms with Crippen molar-refractivity contribution < 1.29 is 13.2 Å². The first-order chi connectivity index (χ1) is 11.8. The van der Waals surface area contributed by atoms with E-state index < -0.39 is 12.7 Å². The third kappa shape index (κ3) is 4.14. The Labute approximate surface area is 147 Å². The van der Waals surface area contributed by atoms with Gasteiger partial charge in [0.05, 0.1) is 11.4 Å². The lowest BCUT2D eigenvalue weighted by atomic mass is 10.2. The van der Waals surface area contributed by atoms with Crippen LogP contribution in [-0.4, -0.2) is 15.7 Å². The number of hydrazine groups is 1. The number of rotatable bonds is 5. The standard InChI is InChI=1S/C17H17F3N4S/c1-11-8-14(12(2)24(11)10-17(18,19)20)15-9-25-16(21-15)23-22-13-6-4-3-5-7-13/h3-9,22H,10H2,1-2H3,(H,21,23). The molecule has 0 radical (unpaired) electrons. The average molecular weight is 366 g/mol. The third-order valence-corrected chi connectivity index (χ3v) is 4.54. The van der Waals surface area contributed by atoms with E-state index in [4.69, 9.17) is 0 Å². The van der Waals surface area contributed by atoms with Crippen LogP contribution >= 0.6 is 11.3 Å². The minimum Gasteiger partial charge on any atom is -0.339 e. The lowest BCUT2D eigenvalue weighted by Gasteiger charge is -2.12. The summed E-state index contributed by atoms with van der Waals surface area (Å²) in [6.07, 6.45) is -4.25. The van der Waals surface area contributed by atoms with Gasteiger partial charge < -0.3 is 4.57 Å². The second-order valence-corrected chi connectivity index (χ2v) is 6.50. The van der Waals surface area contributed by atoms with E-state index in [1.54, 1.807) is 19.9 Å². The van der Waals surface area contributed by atoms with Crippen molar-refractivity contribution in [3.63, 3.8) is 0 Å². The van der Waals surface area contributed by atoms with Crippen molar-refractivity contribution in [3.8, 4) is 11.3 Å². The molecule has 0 unspecified atom stereocenters.